The van der Waals surface area contributed by atoms with Crippen LogP contribution in [-0.2, 0) is 0 Å². The molecule has 0 aliphatic carbocycles. The maximum Gasteiger partial charge on any atom is 0.240 e. The molecule has 0 saturated carbocycles. The Morgan fingerprint density at radius 3 is 2.88 bits per heavy atom. The SMILES string of the molecule is CC(C)(O)CNc1nc(NN)nc2sccc12. The highest BCUT2D eigenvalue weighted by Gasteiger charge is 2.14. The Morgan fingerprint density at radius 1 is 1.47 bits per heavy atom. The van der Waals surface area contributed by atoms with Crippen molar-refractivity contribution in [2.24, 2.45) is 5.84 Å². The van der Waals surface area contributed by atoms with Crippen LogP contribution in [0.15, 0.2) is 11.4 Å². The first-order valence-electron chi connectivity index (χ1n) is 5.18. The van der Waals surface area contributed by atoms with E-state index in [4.69, 9.17) is 5.84 Å². The molecule has 17 heavy (non-hydrogen) atoms. The molecule has 0 aliphatic heterocycles. The smallest absolute Gasteiger partial charge is 0.240 e. The minimum absolute atomic E-state index is 0.359. The molecule has 5 N–H and O–H groups in total. The van der Waals surface area contributed by atoms with E-state index in [1.165, 1.54) is 11.3 Å². The van der Waals surface area contributed by atoms with Gasteiger partial charge < -0.3 is 10.4 Å². The molecule has 0 radical (unpaired) electrons. The third-order valence-electron chi connectivity index (χ3n) is 2.14. The number of fused-ring (bicyclic) bond motifs is 1. The first-order valence-corrected chi connectivity index (χ1v) is 6.06. The van der Waals surface area contributed by atoms with Crippen LogP contribution in [-0.4, -0.2) is 27.2 Å². The van der Waals surface area contributed by atoms with E-state index in [9.17, 15) is 5.11 Å². The Bertz CT molecular complexity index is 519. The lowest BCUT2D eigenvalue weighted by Crippen LogP contribution is -2.29. The molecule has 2 rings (SSSR count). The van der Waals surface area contributed by atoms with Crippen LogP contribution in [0, 0.1) is 0 Å². The van der Waals surface area contributed by atoms with Gasteiger partial charge in [0, 0.05) is 6.54 Å². The van der Waals surface area contributed by atoms with Crippen LogP contribution in [0.5, 0.6) is 0 Å². The van der Waals surface area contributed by atoms with Gasteiger partial charge in [0.2, 0.25) is 5.95 Å². The number of nitrogens with zero attached hydrogens (tertiary/aromatic N) is 2. The lowest BCUT2D eigenvalue weighted by atomic mass is 10.1. The van der Waals surface area contributed by atoms with E-state index in [1.54, 1.807) is 13.8 Å². The number of nitrogen functional groups attached to an aromatic ring is 1. The van der Waals surface area contributed by atoms with Crippen LogP contribution in [0.3, 0.4) is 0 Å². The van der Waals surface area contributed by atoms with Gasteiger partial charge in [0.25, 0.3) is 0 Å². The van der Waals surface area contributed by atoms with Crippen LogP contribution >= 0.6 is 11.3 Å². The second-order valence-electron chi connectivity index (χ2n) is 4.35. The summed E-state index contributed by atoms with van der Waals surface area (Å²) >= 11 is 1.52. The summed E-state index contributed by atoms with van der Waals surface area (Å²) in [5.41, 5.74) is 1.63. The maximum absolute atomic E-state index is 9.68. The number of anilines is 2. The van der Waals surface area contributed by atoms with Crippen molar-refractivity contribution in [3.8, 4) is 0 Å². The van der Waals surface area contributed by atoms with Crippen LogP contribution in [0.4, 0.5) is 11.8 Å². The predicted octanol–water partition coefficient (Wildman–Crippen LogP) is 1.16. The Morgan fingerprint density at radius 2 is 2.24 bits per heavy atom. The number of thiophene rings is 1. The molecule has 92 valence electrons. The summed E-state index contributed by atoms with van der Waals surface area (Å²) < 4.78 is 0. The first-order chi connectivity index (χ1) is 7.99. The van der Waals surface area contributed by atoms with Gasteiger partial charge in [-0.15, -0.1) is 11.3 Å². The first kappa shape index (κ1) is 12.0. The average Bonchev–Trinajstić information content (AvgIpc) is 2.72. The molecule has 0 fully saturated rings. The number of aromatic nitrogens is 2. The van der Waals surface area contributed by atoms with Crippen molar-refractivity contribution in [1.82, 2.24) is 9.97 Å². The summed E-state index contributed by atoms with van der Waals surface area (Å²) in [7, 11) is 0. The van der Waals surface area contributed by atoms with E-state index in [0.717, 1.165) is 10.2 Å². The number of nitrogens with two attached hydrogens (primary N) is 1. The largest absolute Gasteiger partial charge is 0.389 e. The van der Waals surface area contributed by atoms with Gasteiger partial charge in [-0.2, -0.15) is 4.98 Å². The van der Waals surface area contributed by atoms with Gasteiger partial charge in [-0.25, -0.2) is 10.8 Å². The van der Waals surface area contributed by atoms with E-state index in [-0.39, 0.29) is 0 Å². The van der Waals surface area contributed by atoms with E-state index >= 15 is 0 Å². The van der Waals surface area contributed by atoms with Gasteiger partial charge in [-0.3, -0.25) is 5.43 Å². The minimum Gasteiger partial charge on any atom is -0.389 e. The van der Waals surface area contributed by atoms with E-state index in [0.29, 0.717) is 18.3 Å². The monoisotopic (exact) mass is 253 g/mol. The molecule has 2 aromatic rings. The Balaban J connectivity index is 2.34. The molecule has 0 atom stereocenters. The molecule has 0 amide bonds. The van der Waals surface area contributed by atoms with Gasteiger partial charge >= 0.3 is 0 Å². The molecule has 0 spiro atoms. The number of hydrogen-bond acceptors (Lipinski definition) is 7. The second-order valence-corrected chi connectivity index (χ2v) is 5.24. The lowest BCUT2D eigenvalue weighted by Gasteiger charge is -2.18. The molecule has 0 aliphatic rings. The van der Waals surface area contributed by atoms with Crippen molar-refractivity contribution in [2.75, 3.05) is 17.3 Å². The van der Waals surface area contributed by atoms with Gasteiger partial charge in [0.15, 0.2) is 0 Å². The Labute approximate surface area is 103 Å². The summed E-state index contributed by atoms with van der Waals surface area (Å²) in [5, 5.41) is 15.7. The van der Waals surface area contributed by atoms with Crippen molar-refractivity contribution in [2.45, 2.75) is 19.4 Å². The molecular formula is C10H15N5OS. The number of aliphatic hydroxyl groups is 1. The highest BCUT2D eigenvalue weighted by Crippen LogP contribution is 2.26. The van der Waals surface area contributed by atoms with Gasteiger partial charge in [0.1, 0.15) is 10.6 Å². The third kappa shape index (κ3) is 2.82. The standard InChI is InChI=1S/C10H15N5OS/c1-10(2,16)5-12-7-6-3-4-17-8(6)14-9(13-7)15-11/h3-4,16H,5,11H2,1-2H3,(H2,12,13,14,15). The minimum atomic E-state index is -0.802. The molecule has 6 nitrogen and oxygen atoms in total. The lowest BCUT2D eigenvalue weighted by molar-refractivity contribution is 0.0944. The summed E-state index contributed by atoms with van der Waals surface area (Å²) in [4.78, 5) is 9.31. The molecule has 0 bridgehead atoms. The van der Waals surface area contributed by atoms with Crippen molar-refractivity contribution >= 4 is 33.3 Å². The molecular weight excluding hydrogens is 238 g/mol. The fourth-order valence-electron chi connectivity index (χ4n) is 1.35. The zero-order chi connectivity index (χ0) is 12.5. The van der Waals surface area contributed by atoms with Crippen LogP contribution in [0.2, 0.25) is 0 Å². The molecule has 0 unspecified atom stereocenters. The molecule has 7 heteroatoms. The zero-order valence-electron chi connectivity index (χ0n) is 9.69. The third-order valence-corrected chi connectivity index (χ3v) is 2.95. The summed E-state index contributed by atoms with van der Waals surface area (Å²) in [6, 6.07) is 1.94. The van der Waals surface area contributed by atoms with Gasteiger partial charge in [-0.1, -0.05) is 0 Å². The van der Waals surface area contributed by atoms with Crippen molar-refractivity contribution < 1.29 is 5.11 Å². The predicted molar refractivity (Wildman–Crippen MR) is 70.0 cm³/mol. The van der Waals surface area contributed by atoms with Crippen molar-refractivity contribution in [3.05, 3.63) is 11.4 Å². The Kier molecular flexibility index (Phi) is 3.14. The molecule has 0 saturated heterocycles. The average molecular weight is 253 g/mol. The van der Waals surface area contributed by atoms with Crippen molar-refractivity contribution in [1.29, 1.82) is 0 Å². The maximum atomic E-state index is 9.68. The highest BCUT2D eigenvalue weighted by molar-refractivity contribution is 7.16. The van der Waals surface area contributed by atoms with Gasteiger partial charge in [0.05, 0.1) is 11.0 Å². The van der Waals surface area contributed by atoms with E-state index < -0.39 is 5.60 Å². The van der Waals surface area contributed by atoms with E-state index in [2.05, 4.69) is 20.7 Å². The summed E-state index contributed by atoms with van der Waals surface area (Å²) in [6.45, 7) is 3.86. The zero-order valence-corrected chi connectivity index (χ0v) is 10.5. The molecule has 0 aromatic carbocycles. The second kappa shape index (κ2) is 4.44. The van der Waals surface area contributed by atoms with Crippen LogP contribution < -0.4 is 16.6 Å². The fourth-order valence-corrected chi connectivity index (χ4v) is 2.12. The number of nitrogens with one attached hydrogen (secondary N) is 2. The quantitative estimate of drug-likeness (QED) is 0.482. The number of rotatable bonds is 4. The van der Waals surface area contributed by atoms with Crippen molar-refractivity contribution in [3.63, 3.8) is 0 Å². The molecule has 2 aromatic heterocycles. The topological polar surface area (TPSA) is 96.1 Å². The molecule has 2 heterocycles. The van der Waals surface area contributed by atoms with Gasteiger partial charge in [-0.05, 0) is 25.3 Å². The fraction of sp³-hybridized carbons (Fsp3) is 0.400. The van der Waals surface area contributed by atoms with Crippen LogP contribution in [0.1, 0.15) is 13.8 Å². The normalized spacial score (nSPS) is 11.8. The van der Waals surface area contributed by atoms with Crippen LogP contribution in [0.25, 0.3) is 10.2 Å². The number of hydrazine groups is 1. The number of hydrogen-bond donors (Lipinski definition) is 4. The highest BCUT2D eigenvalue weighted by atomic mass is 32.1. The summed E-state index contributed by atoms with van der Waals surface area (Å²) in [5.74, 6) is 6.34. The van der Waals surface area contributed by atoms with E-state index in [1.807, 2.05) is 11.4 Å². The Hall–Kier alpha value is -1.44. The summed E-state index contributed by atoms with van der Waals surface area (Å²) in [6.07, 6.45) is 0.